The van der Waals surface area contributed by atoms with Crippen LogP contribution in [0, 0.1) is 5.92 Å². The SMILES string of the molecule is FC1(F)CC(CNc2ccnc(Cl)n2)C1. The summed E-state index contributed by atoms with van der Waals surface area (Å²) < 4.78 is 25.0. The van der Waals surface area contributed by atoms with Gasteiger partial charge in [-0.15, -0.1) is 0 Å². The first-order valence-electron chi connectivity index (χ1n) is 4.65. The summed E-state index contributed by atoms with van der Waals surface area (Å²) in [5.74, 6) is -1.87. The zero-order valence-electron chi connectivity index (χ0n) is 7.88. The first-order valence-corrected chi connectivity index (χ1v) is 5.03. The van der Waals surface area contributed by atoms with Crippen molar-refractivity contribution in [1.82, 2.24) is 9.97 Å². The van der Waals surface area contributed by atoms with Gasteiger partial charge in [-0.1, -0.05) is 0 Å². The molecule has 3 nitrogen and oxygen atoms in total. The molecule has 1 aromatic heterocycles. The quantitative estimate of drug-likeness (QED) is 0.816. The summed E-state index contributed by atoms with van der Waals surface area (Å²) in [6, 6.07) is 1.66. The second-order valence-corrected chi connectivity index (χ2v) is 4.06. The molecule has 0 radical (unpaired) electrons. The Morgan fingerprint density at radius 3 is 2.87 bits per heavy atom. The largest absolute Gasteiger partial charge is 0.370 e. The molecule has 0 amide bonds. The Morgan fingerprint density at radius 1 is 1.53 bits per heavy atom. The summed E-state index contributed by atoms with van der Waals surface area (Å²) in [6.07, 6.45) is 1.44. The lowest BCUT2D eigenvalue weighted by Crippen LogP contribution is -2.39. The van der Waals surface area contributed by atoms with Crippen molar-refractivity contribution < 1.29 is 8.78 Å². The molecule has 0 saturated heterocycles. The van der Waals surface area contributed by atoms with Gasteiger partial charge in [-0.2, -0.15) is 0 Å². The third kappa shape index (κ3) is 2.75. The predicted molar refractivity (Wildman–Crippen MR) is 53.2 cm³/mol. The fraction of sp³-hybridized carbons (Fsp3) is 0.556. The highest BCUT2D eigenvalue weighted by atomic mass is 35.5. The molecule has 0 bridgehead atoms. The van der Waals surface area contributed by atoms with E-state index in [4.69, 9.17) is 11.6 Å². The molecule has 0 unspecified atom stereocenters. The molecule has 0 aliphatic heterocycles. The maximum Gasteiger partial charge on any atom is 0.248 e. The molecule has 15 heavy (non-hydrogen) atoms. The van der Waals surface area contributed by atoms with Crippen LogP contribution in [0.5, 0.6) is 0 Å². The number of nitrogens with zero attached hydrogens (tertiary/aromatic N) is 2. The summed E-state index contributed by atoms with van der Waals surface area (Å²) in [7, 11) is 0. The van der Waals surface area contributed by atoms with E-state index in [9.17, 15) is 8.78 Å². The smallest absolute Gasteiger partial charge is 0.248 e. The minimum atomic E-state index is -2.46. The van der Waals surface area contributed by atoms with E-state index in [0.29, 0.717) is 12.4 Å². The van der Waals surface area contributed by atoms with E-state index in [1.807, 2.05) is 0 Å². The zero-order chi connectivity index (χ0) is 10.9. The van der Waals surface area contributed by atoms with Crippen LogP contribution in [0.3, 0.4) is 0 Å². The lowest BCUT2D eigenvalue weighted by molar-refractivity contribution is -0.106. The number of rotatable bonds is 3. The highest BCUT2D eigenvalue weighted by Crippen LogP contribution is 2.42. The molecular weight excluding hydrogens is 224 g/mol. The summed E-state index contributed by atoms with van der Waals surface area (Å²) in [4.78, 5) is 7.61. The maximum absolute atomic E-state index is 12.5. The Labute approximate surface area is 90.9 Å². The van der Waals surface area contributed by atoms with Crippen LogP contribution in [0.15, 0.2) is 12.3 Å². The Kier molecular flexibility index (Phi) is 2.73. The average Bonchev–Trinajstić information content (AvgIpc) is 2.11. The molecule has 1 fully saturated rings. The van der Waals surface area contributed by atoms with E-state index in [-0.39, 0.29) is 24.0 Å². The molecule has 1 aromatic rings. The van der Waals surface area contributed by atoms with Crippen molar-refractivity contribution in [2.24, 2.45) is 5.92 Å². The predicted octanol–water partition coefficient (Wildman–Crippen LogP) is 2.59. The lowest BCUT2D eigenvalue weighted by Gasteiger charge is -2.34. The van der Waals surface area contributed by atoms with E-state index in [2.05, 4.69) is 15.3 Å². The molecule has 1 aliphatic rings. The fourth-order valence-corrected chi connectivity index (χ4v) is 1.76. The summed E-state index contributed by atoms with van der Waals surface area (Å²) in [6.45, 7) is 0.503. The Hall–Kier alpha value is -0.970. The molecule has 6 heteroatoms. The summed E-state index contributed by atoms with van der Waals surface area (Å²) in [5.41, 5.74) is 0. The minimum Gasteiger partial charge on any atom is -0.370 e. The highest BCUT2D eigenvalue weighted by molar-refractivity contribution is 6.28. The van der Waals surface area contributed by atoms with Gasteiger partial charge in [-0.25, -0.2) is 18.7 Å². The van der Waals surface area contributed by atoms with Crippen LogP contribution in [0.1, 0.15) is 12.8 Å². The third-order valence-corrected chi connectivity index (χ3v) is 2.55. The normalized spacial score (nSPS) is 19.7. The molecule has 1 heterocycles. The third-order valence-electron chi connectivity index (χ3n) is 2.37. The van der Waals surface area contributed by atoms with Gasteiger partial charge in [-0.3, -0.25) is 0 Å². The average molecular weight is 234 g/mol. The van der Waals surface area contributed by atoms with E-state index < -0.39 is 5.92 Å². The second-order valence-electron chi connectivity index (χ2n) is 3.72. The van der Waals surface area contributed by atoms with E-state index in [1.54, 1.807) is 6.07 Å². The Bertz CT molecular complexity index is 351. The van der Waals surface area contributed by atoms with Crippen molar-refractivity contribution >= 4 is 17.4 Å². The topological polar surface area (TPSA) is 37.8 Å². The lowest BCUT2D eigenvalue weighted by atomic mass is 9.81. The zero-order valence-corrected chi connectivity index (χ0v) is 8.64. The van der Waals surface area contributed by atoms with E-state index in [1.165, 1.54) is 6.20 Å². The molecule has 1 saturated carbocycles. The number of aromatic nitrogens is 2. The standard InChI is InChI=1S/C9H10ClF2N3/c10-8-13-2-1-7(15-8)14-5-6-3-9(11,12)4-6/h1-2,6H,3-5H2,(H,13,14,15). The fourth-order valence-electron chi connectivity index (χ4n) is 1.61. The molecule has 1 N–H and O–H groups in total. The molecule has 0 aromatic carbocycles. The van der Waals surface area contributed by atoms with Crippen LogP contribution in [0.25, 0.3) is 0 Å². The van der Waals surface area contributed by atoms with Gasteiger partial charge in [0, 0.05) is 25.6 Å². The molecule has 0 atom stereocenters. The highest BCUT2D eigenvalue weighted by Gasteiger charge is 2.44. The Balaban J connectivity index is 1.80. The van der Waals surface area contributed by atoms with Gasteiger partial charge in [-0.05, 0) is 23.6 Å². The minimum absolute atomic E-state index is 0.0220. The molecular formula is C9H10ClF2N3. The monoisotopic (exact) mass is 233 g/mol. The number of alkyl halides is 2. The van der Waals surface area contributed by atoms with Gasteiger partial charge in [0.1, 0.15) is 5.82 Å². The van der Waals surface area contributed by atoms with Gasteiger partial charge in [0.25, 0.3) is 0 Å². The van der Waals surface area contributed by atoms with E-state index in [0.717, 1.165) is 0 Å². The molecule has 2 rings (SSSR count). The molecule has 1 aliphatic carbocycles. The second kappa shape index (κ2) is 3.89. The number of nitrogens with one attached hydrogen (secondary N) is 1. The van der Waals surface area contributed by atoms with Crippen molar-refractivity contribution in [2.75, 3.05) is 11.9 Å². The Morgan fingerprint density at radius 2 is 2.27 bits per heavy atom. The number of hydrogen-bond donors (Lipinski definition) is 1. The van der Waals surface area contributed by atoms with Crippen LogP contribution in [-0.4, -0.2) is 22.4 Å². The van der Waals surface area contributed by atoms with Crippen molar-refractivity contribution in [1.29, 1.82) is 0 Å². The summed E-state index contributed by atoms with van der Waals surface area (Å²) in [5, 5.41) is 3.11. The van der Waals surface area contributed by atoms with Crippen LogP contribution in [0.2, 0.25) is 5.28 Å². The van der Waals surface area contributed by atoms with Crippen LogP contribution in [-0.2, 0) is 0 Å². The van der Waals surface area contributed by atoms with Gasteiger partial charge in [0.05, 0.1) is 0 Å². The maximum atomic E-state index is 12.5. The molecule has 82 valence electrons. The molecule has 0 spiro atoms. The van der Waals surface area contributed by atoms with Crippen molar-refractivity contribution in [3.63, 3.8) is 0 Å². The number of hydrogen-bond acceptors (Lipinski definition) is 3. The van der Waals surface area contributed by atoms with Gasteiger partial charge in [0.15, 0.2) is 0 Å². The van der Waals surface area contributed by atoms with Gasteiger partial charge < -0.3 is 5.32 Å². The number of halogens is 3. The summed E-state index contributed by atoms with van der Waals surface area (Å²) >= 11 is 5.57. The van der Waals surface area contributed by atoms with Crippen LogP contribution in [0.4, 0.5) is 14.6 Å². The number of anilines is 1. The van der Waals surface area contributed by atoms with Crippen molar-refractivity contribution in [3.8, 4) is 0 Å². The van der Waals surface area contributed by atoms with Crippen molar-refractivity contribution in [3.05, 3.63) is 17.5 Å². The first-order chi connectivity index (χ1) is 7.05. The van der Waals surface area contributed by atoms with Gasteiger partial charge >= 0.3 is 0 Å². The van der Waals surface area contributed by atoms with Crippen LogP contribution >= 0.6 is 11.6 Å². The van der Waals surface area contributed by atoms with Gasteiger partial charge in [0.2, 0.25) is 11.2 Å². The van der Waals surface area contributed by atoms with Crippen molar-refractivity contribution in [2.45, 2.75) is 18.8 Å². The first kappa shape index (κ1) is 10.5. The van der Waals surface area contributed by atoms with E-state index >= 15 is 0 Å². The van der Waals surface area contributed by atoms with Crippen LogP contribution < -0.4 is 5.32 Å².